The quantitative estimate of drug-likeness (QED) is 0.491. The maximum atomic E-state index is 12.1. The largest absolute Gasteiger partial charge is 0.496 e. The lowest BCUT2D eigenvalue weighted by Gasteiger charge is -2.07. The third kappa shape index (κ3) is 4.36. The normalized spacial score (nSPS) is 10.5. The zero-order valence-corrected chi connectivity index (χ0v) is 13.6. The van der Waals surface area contributed by atoms with E-state index in [1.807, 2.05) is 0 Å². The first-order valence-corrected chi connectivity index (χ1v) is 7.22. The van der Waals surface area contributed by atoms with E-state index in [-0.39, 0.29) is 5.69 Å². The van der Waals surface area contributed by atoms with Crippen LogP contribution in [0.3, 0.4) is 0 Å². The molecule has 0 aromatic heterocycles. The Labute approximate surface area is 140 Å². The van der Waals surface area contributed by atoms with Gasteiger partial charge in [0.05, 0.1) is 23.8 Å². The minimum atomic E-state index is -0.498. The monoisotopic (exact) mass is 377 g/mol. The fourth-order valence-corrected chi connectivity index (χ4v) is 2.16. The second-order valence-electron chi connectivity index (χ2n) is 4.40. The lowest BCUT2D eigenvalue weighted by atomic mass is 10.2. The predicted molar refractivity (Wildman–Crippen MR) is 88.9 cm³/mol. The molecule has 2 aromatic rings. The van der Waals surface area contributed by atoms with Gasteiger partial charge in [0, 0.05) is 22.2 Å². The molecule has 1 amide bonds. The molecule has 0 radical (unpaired) electrons. The molecule has 118 valence electrons. The fraction of sp³-hybridized carbons (Fsp3) is 0.0667. The van der Waals surface area contributed by atoms with Crippen molar-refractivity contribution >= 4 is 33.7 Å². The van der Waals surface area contributed by atoms with E-state index in [0.29, 0.717) is 16.9 Å². The first kappa shape index (κ1) is 16.6. The van der Waals surface area contributed by atoms with E-state index in [4.69, 9.17) is 4.74 Å². The van der Waals surface area contributed by atoms with Gasteiger partial charge in [0.15, 0.2) is 0 Å². The van der Waals surface area contributed by atoms with Crippen molar-refractivity contribution in [2.75, 3.05) is 7.11 Å². The number of non-ortho nitro benzene ring substituents is 1. The Morgan fingerprint density at radius 2 is 2.13 bits per heavy atom. The van der Waals surface area contributed by atoms with E-state index in [1.54, 1.807) is 30.3 Å². The van der Waals surface area contributed by atoms with Crippen LogP contribution in [0.5, 0.6) is 5.75 Å². The van der Waals surface area contributed by atoms with E-state index in [1.165, 1.54) is 25.5 Å². The SMILES string of the molecule is COc1ccc(Br)cc1C(=O)NN=Cc1cccc([N+](=O)[O-])c1. The molecule has 0 saturated carbocycles. The van der Waals surface area contributed by atoms with Gasteiger partial charge in [0.1, 0.15) is 5.75 Å². The zero-order valence-electron chi connectivity index (χ0n) is 12.0. The van der Waals surface area contributed by atoms with Gasteiger partial charge in [0.25, 0.3) is 11.6 Å². The van der Waals surface area contributed by atoms with E-state index in [2.05, 4.69) is 26.5 Å². The van der Waals surface area contributed by atoms with E-state index >= 15 is 0 Å². The number of hydrogen-bond acceptors (Lipinski definition) is 5. The Bertz CT molecular complexity index is 777. The van der Waals surface area contributed by atoms with Crippen molar-refractivity contribution in [3.05, 3.63) is 68.2 Å². The summed E-state index contributed by atoms with van der Waals surface area (Å²) in [6.07, 6.45) is 1.33. The lowest BCUT2D eigenvalue weighted by Crippen LogP contribution is -2.18. The number of rotatable bonds is 5. The van der Waals surface area contributed by atoms with Gasteiger partial charge in [-0.25, -0.2) is 5.43 Å². The summed E-state index contributed by atoms with van der Waals surface area (Å²) in [5, 5.41) is 14.5. The highest BCUT2D eigenvalue weighted by atomic mass is 79.9. The molecule has 0 heterocycles. The molecular formula is C15H12BrN3O4. The molecule has 0 aliphatic carbocycles. The molecule has 0 unspecified atom stereocenters. The number of carbonyl (C=O) groups is 1. The lowest BCUT2D eigenvalue weighted by molar-refractivity contribution is -0.384. The third-order valence-corrected chi connectivity index (χ3v) is 3.36. The summed E-state index contributed by atoms with van der Waals surface area (Å²) in [6, 6.07) is 10.9. The molecule has 0 fully saturated rings. The van der Waals surface area contributed by atoms with Gasteiger partial charge in [-0.15, -0.1) is 0 Å². The van der Waals surface area contributed by atoms with Crippen LogP contribution in [0.2, 0.25) is 0 Å². The van der Waals surface area contributed by atoms with Crippen LogP contribution in [-0.2, 0) is 0 Å². The molecule has 0 atom stereocenters. The van der Waals surface area contributed by atoms with Crippen molar-refractivity contribution in [1.29, 1.82) is 0 Å². The molecule has 0 aliphatic rings. The van der Waals surface area contributed by atoms with Crippen molar-refractivity contribution in [3.8, 4) is 5.75 Å². The van der Waals surface area contributed by atoms with Gasteiger partial charge in [-0.3, -0.25) is 14.9 Å². The van der Waals surface area contributed by atoms with Crippen molar-refractivity contribution in [3.63, 3.8) is 0 Å². The first-order chi connectivity index (χ1) is 11.0. The summed E-state index contributed by atoms with van der Waals surface area (Å²) in [7, 11) is 1.46. The van der Waals surface area contributed by atoms with Gasteiger partial charge in [-0.1, -0.05) is 28.1 Å². The summed E-state index contributed by atoms with van der Waals surface area (Å²) in [4.78, 5) is 22.3. The average molecular weight is 378 g/mol. The number of nitrogens with one attached hydrogen (secondary N) is 1. The van der Waals surface area contributed by atoms with Crippen LogP contribution in [0.4, 0.5) is 5.69 Å². The smallest absolute Gasteiger partial charge is 0.275 e. The Balaban J connectivity index is 2.11. The van der Waals surface area contributed by atoms with Gasteiger partial charge in [0.2, 0.25) is 0 Å². The maximum Gasteiger partial charge on any atom is 0.275 e. The molecule has 8 heteroatoms. The first-order valence-electron chi connectivity index (χ1n) is 6.42. The highest BCUT2D eigenvalue weighted by Gasteiger charge is 2.12. The number of carbonyl (C=O) groups excluding carboxylic acids is 1. The van der Waals surface area contributed by atoms with Crippen LogP contribution >= 0.6 is 15.9 Å². The number of ether oxygens (including phenoxy) is 1. The molecular weight excluding hydrogens is 366 g/mol. The standard InChI is InChI=1S/C15H12BrN3O4/c1-23-14-6-5-11(16)8-13(14)15(20)18-17-9-10-3-2-4-12(7-10)19(21)22/h2-9H,1H3,(H,18,20). The topological polar surface area (TPSA) is 93.8 Å². The number of halogens is 1. The number of methoxy groups -OCH3 is 1. The summed E-state index contributed by atoms with van der Waals surface area (Å²) < 4.78 is 5.85. The average Bonchev–Trinajstić information content (AvgIpc) is 2.55. The third-order valence-electron chi connectivity index (χ3n) is 2.87. The van der Waals surface area contributed by atoms with Crippen molar-refractivity contribution < 1.29 is 14.5 Å². The second-order valence-corrected chi connectivity index (χ2v) is 5.31. The van der Waals surface area contributed by atoms with Gasteiger partial charge < -0.3 is 4.74 Å². The number of hydrogen-bond donors (Lipinski definition) is 1. The second kappa shape index (κ2) is 7.50. The van der Waals surface area contributed by atoms with Crippen LogP contribution in [0, 0.1) is 10.1 Å². The molecule has 1 N–H and O–H groups in total. The Hall–Kier alpha value is -2.74. The van der Waals surface area contributed by atoms with Crippen molar-refractivity contribution in [2.45, 2.75) is 0 Å². The molecule has 0 saturated heterocycles. The number of nitro benzene ring substituents is 1. The number of amides is 1. The van der Waals surface area contributed by atoms with Crippen LogP contribution in [0.25, 0.3) is 0 Å². The molecule has 2 aromatic carbocycles. The fourth-order valence-electron chi connectivity index (χ4n) is 1.80. The summed E-state index contributed by atoms with van der Waals surface area (Å²) >= 11 is 3.28. The number of nitro groups is 1. The van der Waals surface area contributed by atoms with Crippen molar-refractivity contribution in [1.82, 2.24) is 5.43 Å². The zero-order chi connectivity index (χ0) is 16.8. The van der Waals surface area contributed by atoms with Crippen LogP contribution in [0.1, 0.15) is 15.9 Å². The number of benzene rings is 2. The Morgan fingerprint density at radius 1 is 1.35 bits per heavy atom. The van der Waals surface area contributed by atoms with Crippen LogP contribution in [0.15, 0.2) is 52.0 Å². The molecule has 7 nitrogen and oxygen atoms in total. The maximum absolute atomic E-state index is 12.1. The van der Waals surface area contributed by atoms with E-state index < -0.39 is 10.8 Å². The van der Waals surface area contributed by atoms with E-state index in [0.717, 1.165) is 4.47 Å². The van der Waals surface area contributed by atoms with Crippen LogP contribution < -0.4 is 10.2 Å². The summed E-state index contributed by atoms with van der Waals surface area (Å²) in [5.41, 5.74) is 3.13. The number of nitrogens with zero attached hydrogens (tertiary/aromatic N) is 2. The van der Waals surface area contributed by atoms with Crippen molar-refractivity contribution in [2.24, 2.45) is 5.10 Å². The minimum Gasteiger partial charge on any atom is -0.496 e. The summed E-state index contributed by atoms with van der Waals surface area (Å²) in [6.45, 7) is 0. The number of hydrazone groups is 1. The van der Waals surface area contributed by atoms with Gasteiger partial charge >= 0.3 is 0 Å². The Morgan fingerprint density at radius 3 is 2.83 bits per heavy atom. The molecule has 2 rings (SSSR count). The summed E-state index contributed by atoms with van der Waals surface area (Å²) in [5.74, 6) is -0.0407. The molecule has 0 aliphatic heterocycles. The highest BCUT2D eigenvalue weighted by Crippen LogP contribution is 2.22. The van der Waals surface area contributed by atoms with Gasteiger partial charge in [-0.2, -0.15) is 5.10 Å². The molecule has 0 spiro atoms. The minimum absolute atomic E-state index is 0.0473. The van der Waals surface area contributed by atoms with Gasteiger partial charge in [-0.05, 0) is 18.2 Å². The van der Waals surface area contributed by atoms with Crippen LogP contribution in [-0.4, -0.2) is 24.2 Å². The highest BCUT2D eigenvalue weighted by molar-refractivity contribution is 9.10. The predicted octanol–water partition coefficient (Wildman–Crippen LogP) is 3.13. The van der Waals surface area contributed by atoms with E-state index in [9.17, 15) is 14.9 Å². The molecule has 23 heavy (non-hydrogen) atoms. The molecule has 0 bridgehead atoms. The Kier molecular flexibility index (Phi) is 5.42.